The first kappa shape index (κ1) is 22.3. The average Bonchev–Trinajstić information content (AvgIpc) is 3.13. The molecule has 2 N–H and O–H groups in total. The van der Waals surface area contributed by atoms with Crippen molar-refractivity contribution in [3.05, 3.63) is 23.7 Å². The van der Waals surface area contributed by atoms with Gasteiger partial charge in [-0.05, 0) is 37.2 Å². The topological polar surface area (TPSA) is 106 Å². The minimum atomic E-state index is -1.32. The lowest BCUT2D eigenvalue weighted by molar-refractivity contribution is -0.263. The minimum Gasteiger partial charge on any atom is -0.469 e. The number of hydrogen-bond donors (Lipinski definition) is 2. The molecule has 7 heteroatoms. The molecular formula is C24H34O7. The van der Waals surface area contributed by atoms with Crippen LogP contribution < -0.4 is 0 Å². The smallest absolute Gasteiger partial charge is 0.303 e. The molecule has 1 aromatic heterocycles. The van der Waals surface area contributed by atoms with Crippen molar-refractivity contribution in [3.8, 4) is 0 Å². The number of fused-ring (bicyclic) bond motifs is 4. The molecule has 0 radical (unpaired) electrons. The standard InChI is InChI=1S/C24H34O7/c1-13(25)30-12-22(3)8-6-9-23(4)16-11-17-15(7-10-29-17)24(5,28)18(16)19(27)20(21(22)23)31-14(2)26/h7,10,16,18-21,27-28H,6,8-9,11-12H2,1-5H3/t16-,18-,19+,20-,21-,22+,23+,24+/m0/s1. The van der Waals surface area contributed by atoms with E-state index in [4.69, 9.17) is 13.9 Å². The second-order valence-corrected chi connectivity index (χ2v) is 10.6. The van der Waals surface area contributed by atoms with Crippen LogP contribution in [0.1, 0.15) is 65.2 Å². The van der Waals surface area contributed by atoms with Gasteiger partial charge in [-0.25, -0.2) is 0 Å². The van der Waals surface area contributed by atoms with Crippen molar-refractivity contribution >= 4 is 11.9 Å². The first-order valence-electron chi connectivity index (χ1n) is 11.2. The lowest BCUT2D eigenvalue weighted by Gasteiger charge is -2.65. The monoisotopic (exact) mass is 434 g/mol. The van der Waals surface area contributed by atoms with E-state index in [0.29, 0.717) is 12.0 Å². The van der Waals surface area contributed by atoms with Crippen LogP contribution in [-0.4, -0.2) is 41.0 Å². The third-order valence-corrected chi connectivity index (χ3v) is 8.49. The summed E-state index contributed by atoms with van der Waals surface area (Å²) in [6.45, 7) is 8.88. The van der Waals surface area contributed by atoms with Gasteiger partial charge < -0.3 is 24.1 Å². The Morgan fingerprint density at radius 3 is 2.55 bits per heavy atom. The van der Waals surface area contributed by atoms with Gasteiger partial charge in [-0.3, -0.25) is 9.59 Å². The van der Waals surface area contributed by atoms with Gasteiger partial charge in [0.1, 0.15) is 11.9 Å². The van der Waals surface area contributed by atoms with Gasteiger partial charge in [0.05, 0.1) is 24.6 Å². The first-order chi connectivity index (χ1) is 14.4. The average molecular weight is 435 g/mol. The summed E-state index contributed by atoms with van der Waals surface area (Å²) in [5.74, 6) is -0.904. The van der Waals surface area contributed by atoms with Gasteiger partial charge in [-0.15, -0.1) is 0 Å². The number of hydrogen-bond acceptors (Lipinski definition) is 7. The van der Waals surface area contributed by atoms with Gasteiger partial charge in [-0.2, -0.15) is 0 Å². The van der Waals surface area contributed by atoms with Gasteiger partial charge in [0, 0.05) is 43.1 Å². The van der Waals surface area contributed by atoms with E-state index in [0.717, 1.165) is 25.0 Å². The van der Waals surface area contributed by atoms with E-state index < -0.39 is 35.1 Å². The van der Waals surface area contributed by atoms with E-state index in [-0.39, 0.29) is 29.8 Å². The zero-order chi connectivity index (χ0) is 22.8. The lowest BCUT2D eigenvalue weighted by atomic mass is 9.41. The van der Waals surface area contributed by atoms with E-state index in [1.165, 1.54) is 13.8 Å². The quantitative estimate of drug-likeness (QED) is 0.705. The highest BCUT2D eigenvalue weighted by atomic mass is 16.6. The number of furan rings is 1. The van der Waals surface area contributed by atoms with Crippen LogP contribution in [0, 0.1) is 28.6 Å². The van der Waals surface area contributed by atoms with Crippen LogP contribution in [0.5, 0.6) is 0 Å². The molecule has 4 rings (SSSR count). The minimum absolute atomic E-state index is 0.0788. The summed E-state index contributed by atoms with van der Waals surface area (Å²) >= 11 is 0. The highest BCUT2D eigenvalue weighted by Gasteiger charge is 2.68. The van der Waals surface area contributed by atoms with Crippen LogP contribution in [0.3, 0.4) is 0 Å². The zero-order valence-electron chi connectivity index (χ0n) is 19.0. The molecule has 0 aromatic carbocycles. The number of carbonyl (C=O) groups excluding carboxylic acids is 2. The van der Waals surface area contributed by atoms with Crippen LogP contribution >= 0.6 is 0 Å². The van der Waals surface area contributed by atoms with Crippen molar-refractivity contribution < 1.29 is 33.7 Å². The maximum Gasteiger partial charge on any atom is 0.303 e. The SMILES string of the molecule is CC(=O)OC[C@@]1(C)CCC[C@]2(C)[C@H]3Cc4occc4[C@@](C)(O)[C@@H]3[C@@H](O)[C@H](OC(C)=O)[C@@H]12. The number of aliphatic hydroxyl groups excluding tert-OH is 1. The molecule has 31 heavy (non-hydrogen) atoms. The third kappa shape index (κ3) is 3.32. The van der Waals surface area contributed by atoms with Crippen molar-refractivity contribution in [1.29, 1.82) is 0 Å². The molecule has 0 amide bonds. The fraction of sp³-hybridized carbons (Fsp3) is 0.750. The van der Waals surface area contributed by atoms with Crippen LogP contribution in [0.4, 0.5) is 0 Å². The van der Waals surface area contributed by atoms with Crippen LogP contribution in [0.2, 0.25) is 0 Å². The molecule has 172 valence electrons. The van der Waals surface area contributed by atoms with Crippen molar-refractivity contribution in [1.82, 2.24) is 0 Å². The summed E-state index contributed by atoms with van der Waals surface area (Å²) < 4.78 is 17.0. The number of esters is 2. The number of carbonyl (C=O) groups is 2. The molecule has 2 saturated carbocycles. The molecule has 1 heterocycles. The Morgan fingerprint density at radius 2 is 1.90 bits per heavy atom. The first-order valence-corrected chi connectivity index (χ1v) is 11.2. The molecule has 0 bridgehead atoms. The largest absolute Gasteiger partial charge is 0.469 e. The summed E-state index contributed by atoms with van der Waals surface area (Å²) in [7, 11) is 0. The van der Waals surface area contributed by atoms with Crippen molar-refractivity contribution in [2.75, 3.05) is 6.61 Å². The Bertz CT molecular complexity index is 873. The van der Waals surface area contributed by atoms with Crippen LogP contribution in [0.25, 0.3) is 0 Å². The summed E-state index contributed by atoms with van der Waals surface area (Å²) in [6, 6.07) is 1.76. The molecule has 3 aliphatic rings. The second-order valence-electron chi connectivity index (χ2n) is 10.6. The van der Waals surface area contributed by atoms with Gasteiger partial charge in [0.2, 0.25) is 0 Å². The zero-order valence-corrected chi connectivity index (χ0v) is 19.0. The van der Waals surface area contributed by atoms with Gasteiger partial charge >= 0.3 is 11.9 Å². The molecule has 0 unspecified atom stereocenters. The third-order valence-electron chi connectivity index (χ3n) is 8.49. The predicted octanol–water partition coefficient (Wildman–Crippen LogP) is 2.96. The second kappa shape index (κ2) is 7.34. The Hall–Kier alpha value is -1.86. The molecule has 3 aliphatic carbocycles. The number of ether oxygens (including phenoxy) is 2. The molecule has 0 saturated heterocycles. The van der Waals surface area contributed by atoms with Crippen molar-refractivity contribution in [2.45, 2.75) is 78.1 Å². The Kier molecular flexibility index (Phi) is 5.29. The van der Waals surface area contributed by atoms with E-state index in [1.54, 1.807) is 19.3 Å². The van der Waals surface area contributed by atoms with E-state index in [2.05, 4.69) is 13.8 Å². The van der Waals surface area contributed by atoms with E-state index in [9.17, 15) is 19.8 Å². The Morgan fingerprint density at radius 1 is 1.19 bits per heavy atom. The molecule has 1 aromatic rings. The lowest BCUT2D eigenvalue weighted by Crippen LogP contribution is -2.69. The van der Waals surface area contributed by atoms with E-state index >= 15 is 0 Å². The molecule has 0 aliphatic heterocycles. The molecule has 0 spiro atoms. The highest BCUT2D eigenvalue weighted by molar-refractivity contribution is 5.66. The normalized spacial score (nSPS) is 43.9. The summed E-state index contributed by atoms with van der Waals surface area (Å²) in [6.07, 6.45) is 2.91. The predicted molar refractivity (Wildman–Crippen MR) is 111 cm³/mol. The molecule has 7 nitrogen and oxygen atoms in total. The number of aliphatic hydroxyl groups is 2. The summed E-state index contributed by atoms with van der Waals surface area (Å²) in [5.41, 5.74) is -1.46. The van der Waals surface area contributed by atoms with Crippen LogP contribution in [-0.2, 0) is 31.1 Å². The van der Waals surface area contributed by atoms with Gasteiger partial charge in [0.15, 0.2) is 0 Å². The molecular weight excluding hydrogens is 400 g/mol. The van der Waals surface area contributed by atoms with Crippen LogP contribution in [0.15, 0.2) is 16.7 Å². The van der Waals surface area contributed by atoms with Gasteiger partial charge in [0.25, 0.3) is 0 Å². The fourth-order valence-electron chi connectivity index (χ4n) is 7.39. The maximum atomic E-state index is 12.1. The van der Waals surface area contributed by atoms with Gasteiger partial charge in [-0.1, -0.05) is 20.3 Å². The Balaban J connectivity index is 1.85. The number of rotatable bonds is 3. The van der Waals surface area contributed by atoms with Crippen molar-refractivity contribution in [3.63, 3.8) is 0 Å². The van der Waals surface area contributed by atoms with E-state index in [1.807, 2.05) is 0 Å². The summed E-state index contributed by atoms with van der Waals surface area (Å²) in [4.78, 5) is 23.7. The van der Waals surface area contributed by atoms with Crippen molar-refractivity contribution in [2.24, 2.45) is 28.6 Å². The molecule has 2 fully saturated rings. The highest BCUT2D eigenvalue weighted by Crippen LogP contribution is 2.66. The Labute approximate surface area is 183 Å². The fourth-order valence-corrected chi connectivity index (χ4v) is 7.39. The molecule has 8 atom stereocenters. The summed E-state index contributed by atoms with van der Waals surface area (Å²) in [5, 5.41) is 23.2. The maximum absolute atomic E-state index is 12.1.